The zero-order chi connectivity index (χ0) is 15.5. The summed E-state index contributed by atoms with van der Waals surface area (Å²) in [4.78, 5) is 10.8. The highest BCUT2D eigenvalue weighted by molar-refractivity contribution is 5.54. The Labute approximate surface area is 127 Å². The van der Waals surface area contributed by atoms with Crippen LogP contribution in [0.1, 0.15) is 11.6 Å². The Morgan fingerprint density at radius 2 is 1.95 bits per heavy atom. The zero-order valence-electron chi connectivity index (χ0n) is 11.9. The molecule has 22 heavy (non-hydrogen) atoms. The van der Waals surface area contributed by atoms with E-state index < -0.39 is 0 Å². The van der Waals surface area contributed by atoms with Gasteiger partial charge in [0.2, 0.25) is 0 Å². The van der Waals surface area contributed by atoms with Crippen LogP contribution in [0.5, 0.6) is 5.75 Å². The van der Waals surface area contributed by atoms with Crippen LogP contribution < -0.4 is 9.75 Å². The fraction of sp³-hybridized carbons (Fsp3) is 0.200. The van der Waals surface area contributed by atoms with Crippen LogP contribution in [0, 0.1) is 10.1 Å². The van der Waals surface area contributed by atoms with Gasteiger partial charge in [0, 0.05) is 6.07 Å². The van der Waals surface area contributed by atoms with E-state index in [1.54, 1.807) is 30.3 Å². The molecule has 2 aromatic carbocycles. The molecule has 0 N–H and O–H groups in total. The molecule has 7 heteroatoms. The molecule has 0 unspecified atom stereocenters. The van der Waals surface area contributed by atoms with Crippen molar-refractivity contribution in [1.29, 1.82) is 0 Å². The summed E-state index contributed by atoms with van der Waals surface area (Å²) < 4.78 is 5.13. The van der Waals surface area contributed by atoms with E-state index >= 15 is 0 Å². The number of nitrogens with zero attached hydrogens (tertiary/aromatic N) is 4. The maximum Gasteiger partial charge on any atom is 0.274 e. The molecule has 0 aromatic heterocycles. The Kier molecular flexibility index (Phi) is 3.69. The van der Waals surface area contributed by atoms with Crippen LogP contribution in [0.4, 0.5) is 11.4 Å². The van der Waals surface area contributed by atoms with Crippen molar-refractivity contribution in [3.63, 3.8) is 0 Å². The van der Waals surface area contributed by atoms with E-state index in [0.29, 0.717) is 12.1 Å². The summed E-state index contributed by atoms with van der Waals surface area (Å²) in [6, 6.07) is 13.7. The summed E-state index contributed by atoms with van der Waals surface area (Å²) in [5.74, 6) is 0.738. The Hall–Kier alpha value is -2.96. The first-order valence-corrected chi connectivity index (χ1v) is 6.74. The molecule has 3 rings (SSSR count). The van der Waals surface area contributed by atoms with Crippen LogP contribution in [0.25, 0.3) is 0 Å². The third kappa shape index (κ3) is 2.48. The van der Waals surface area contributed by atoms with Crippen molar-refractivity contribution in [2.75, 3.05) is 18.7 Å². The van der Waals surface area contributed by atoms with Crippen LogP contribution in [0.15, 0.2) is 58.9 Å². The average Bonchev–Trinajstić information content (AvgIpc) is 3.04. The lowest BCUT2D eigenvalue weighted by molar-refractivity contribution is -0.385. The Morgan fingerprint density at radius 3 is 2.64 bits per heavy atom. The molecule has 0 saturated heterocycles. The molecule has 1 atom stereocenters. The van der Waals surface area contributed by atoms with Gasteiger partial charge in [0.25, 0.3) is 5.69 Å². The van der Waals surface area contributed by atoms with E-state index in [1.807, 2.05) is 24.3 Å². The van der Waals surface area contributed by atoms with Gasteiger partial charge in [-0.2, -0.15) is 5.11 Å². The minimum absolute atomic E-state index is 0.0818. The van der Waals surface area contributed by atoms with Crippen LogP contribution in [0.2, 0.25) is 0 Å². The predicted molar refractivity (Wildman–Crippen MR) is 81.0 cm³/mol. The lowest BCUT2D eigenvalue weighted by atomic mass is 10.0. The van der Waals surface area contributed by atoms with Gasteiger partial charge in [-0.1, -0.05) is 17.4 Å². The first-order valence-electron chi connectivity index (χ1n) is 6.74. The summed E-state index contributed by atoms with van der Waals surface area (Å²) in [7, 11) is 1.60. The highest BCUT2D eigenvalue weighted by atomic mass is 16.6. The maximum atomic E-state index is 11.2. The van der Waals surface area contributed by atoms with Crippen molar-refractivity contribution in [1.82, 2.24) is 0 Å². The number of anilines is 1. The fourth-order valence-corrected chi connectivity index (χ4v) is 2.45. The zero-order valence-corrected chi connectivity index (χ0v) is 11.9. The van der Waals surface area contributed by atoms with Gasteiger partial charge in [-0.3, -0.25) is 10.1 Å². The van der Waals surface area contributed by atoms with Crippen molar-refractivity contribution in [2.24, 2.45) is 10.3 Å². The number of benzene rings is 2. The molecule has 7 nitrogen and oxygen atoms in total. The van der Waals surface area contributed by atoms with E-state index in [1.165, 1.54) is 6.07 Å². The molecule has 0 saturated carbocycles. The number of ether oxygens (including phenoxy) is 1. The lowest BCUT2D eigenvalue weighted by Gasteiger charge is -2.22. The first-order chi connectivity index (χ1) is 10.7. The highest BCUT2D eigenvalue weighted by Gasteiger charge is 2.30. The van der Waals surface area contributed by atoms with Gasteiger partial charge in [0.05, 0.1) is 29.8 Å². The van der Waals surface area contributed by atoms with Gasteiger partial charge in [-0.15, -0.1) is 0 Å². The predicted octanol–water partition coefficient (Wildman–Crippen LogP) is 3.53. The molecule has 0 fully saturated rings. The van der Waals surface area contributed by atoms with E-state index in [9.17, 15) is 10.1 Å². The van der Waals surface area contributed by atoms with Crippen LogP contribution in [0.3, 0.4) is 0 Å². The van der Waals surface area contributed by atoms with Crippen molar-refractivity contribution in [3.8, 4) is 5.75 Å². The number of hydrogen-bond donors (Lipinski definition) is 0. The third-order valence-corrected chi connectivity index (χ3v) is 3.54. The van der Waals surface area contributed by atoms with Crippen molar-refractivity contribution < 1.29 is 9.66 Å². The third-order valence-electron chi connectivity index (χ3n) is 3.54. The van der Waals surface area contributed by atoms with E-state index in [-0.39, 0.29) is 16.7 Å². The average molecular weight is 298 g/mol. The number of nitro benzene ring substituents is 1. The standard InChI is InChI=1S/C15H14N4O3/c1-22-12-8-6-11(7-9-12)18-15(10-16-17-18)13-4-2-3-5-14(13)19(20)21/h2-9,15H,10H2,1H3/t15-/m1/s1. The largest absolute Gasteiger partial charge is 0.497 e. The number of methoxy groups -OCH3 is 1. The molecular formula is C15H14N4O3. The second-order valence-electron chi connectivity index (χ2n) is 4.79. The normalized spacial score (nSPS) is 16.8. The summed E-state index contributed by atoms with van der Waals surface area (Å²) in [5.41, 5.74) is 1.50. The monoisotopic (exact) mass is 298 g/mol. The van der Waals surface area contributed by atoms with E-state index in [2.05, 4.69) is 10.3 Å². The molecule has 0 bridgehead atoms. The molecule has 2 aromatic rings. The molecule has 0 amide bonds. The van der Waals surface area contributed by atoms with Crippen molar-refractivity contribution in [3.05, 3.63) is 64.2 Å². The molecule has 112 valence electrons. The number of para-hydroxylation sites is 1. The minimum Gasteiger partial charge on any atom is -0.497 e. The van der Waals surface area contributed by atoms with E-state index in [0.717, 1.165) is 11.4 Å². The SMILES string of the molecule is COc1ccc(N2N=NC[C@@H]2c2ccccc2[N+](=O)[O-])cc1. The highest BCUT2D eigenvalue weighted by Crippen LogP contribution is 2.36. The first kappa shape index (κ1) is 14.0. The van der Waals surface area contributed by atoms with Gasteiger partial charge in [-0.05, 0) is 30.3 Å². The van der Waals surface area contributed by atoms with Gasteiger partial charge in [0.15, 0.2) is 0 Å². The summed E-state index contributed by atoms with van der Waals surface area (Å²) in [6.07, 6.45) is 0. The number of hydrogen-bond acceptors (Lipinski definition) is 6. The number of rotatable bonds is 4. The van der Waals surface area contributed by atoms with Crippen molar-refractivity contribution in [2.45, 2.75) is 6.04 Å². The maximum absolute atomic E-state index is 11.2. The molecule has 1 heterocycles. The summed E-state index contributed by atoms with van der Waals surface area (Å²) >= 11 is 0. The van der Waals surface area contributed by atoms with Crippen LogP contribution >= 0.6 is 0 Å². The Bertz CT molecular complexity index is 715. The number of nitro groups is 1. The van der Waals surface area contributed by atoms with Gasteiger partial charge < -0.3 is 4.74 Å². The van der Waals surface area contributed by atoms with Crippen LogP contribution in [-0.4, -0.2) is 18.6 Å². The quantitative estimate of drug-likeness (QED) is 0.638. The van der Waals surface area contributed by atoms with E-state index in [4.69, 9.17) is 4.74 Å². The second kappa shape index (κ2) is 5.80. The summed E-state index contributed by atoms with van der Waals surface area (Å²) in [5, 5.41) is 21.1. The lowest BCUT2D eigenvalue weighted by Crippen LogP contribution is -2.21. The summed E-state index contributed by atoms with van der Waals surface area (Å²) in [6.45, 7) is 0.386. The van der Waals surface area contributed by atoms with Crippen LogP contribution in [-0.2, 0) is 0 Å². The minimum atomic E-state index is -0.375. The second-order valence-corrected chi connectivity index (χ2v) is 4.79. The topological polar surface area (TPSA) is 80.3 Å². The molecule has 1 aliphatic heterocycles. The van der Waals surface area contributed by atoms with Gasteiger partial charge >= 0.3 is 0 Å². The molecule has 0 radical (unpaired) electrons. The van der Waals surface area contributed by atoms with Gasteiger partial charge in [0.1, 0.15) is 11.8 Å². The van der Waals surface area contributed by atoms with Gasteiger partial charge in [-0.25, -0.2) is 5.01 Å². The fourth-order valence-electron chi connectivity index (χ4n) is 2.45. The molecule has 1 aliphatic rings. The smallest absolute Gasteiger partial charge is 0.274 e. The Morgan fingerprint density at radius 1 is 1.23 bits per heavy atom. The van der Waals surface area contributed by atoms with Crippen molar-refractivity contribution >= 4 is 11.4 Å². The molecule has 0 aliphatic carbocycles. The Balaban J connectivity index is 1.96. The molecular weight excluding hydrogens is 284 g/mol. The molecule has 0 spiro atoms.